The van der Waals surface area contributed by atoms with E-state index in [1.54, 1.807) is 6.20 Å². The van der Waals surface area contributed by atoms with E-state index < -0.39 is 6.04 Å². The maximum absolute atomic E-state index is 12.2. The summed E-state index contributed by atoms with van der Waals surface area (Å²) >= 11 is 0. The molecule has 1 amide bonds. The highest BCUT2D eigenvalue weighted by Gasteiger charge is 2.16. The molecule has 1 atom stereocenters. The van der Waals surface area contributed by atoms with Crippen molar-refractivity contribution in [1.29, 1.82) is 0 Å². The van der Waals surface area contributed by atoms with Crippen LogP contribution in [0, 0.1) is 0 Å². The van der Waals surface area contributed by atoms with Crippen LogP contribution in [0.3, 0.4) is 0 Å². The lowest BCUT2D eigenvalue weighted by atomic mass is 10.1. The topological polar surface area (TPSA) is 71.2 Å². The molecular weight excluding hydrogens is 359 g/mol. The Hall–Kier alpha value is -1.82. The monoisotopic (exact) mass is 382 g/mol. The summed E-state index contributed by atoms with van der Waals surface area (Å²) in [6.45, 7) is 2.11. The number of carbonyl (C=O) groups is 1. The maximum Gasteiger partial charge on any atom is 0.241 e. The number of halogens is 2. The van der Waals surface area contributed by atoms with E-state index in [1.165, 1.54) is 12.8 Å². The van der Waals surface area contributed by atoms with E-state index in [9.17, 15) is 4.79 Å². The zero-order valence-electron chi connectivity index (χ0n) is 13.9. The van der Waals surface area contributed by atoms with E-state index in [2.05, 4.69) is 15.2 Å². The Bertz CT molecular complexity index is 646. The lowest BCUT2D eigenvalue weighted by molar-refractivity contribution is -0.117. The molecule has 1 aliphatic heterocycles. The molecule has 1 unspecified atom stereocenters. The molecule has 0 aliphatic carbocycles. The van der Waals surface area contributed by atoms with Gasteiger partial charge in [0.25, 0.3) is 0 Å². The molecule has 1 saturated heterocycles. The number of benzene rings is 1. The third-order valence-electron chi connectivity index (χ3n) is 4.08. The van der Waals surface area contributed by atoms with E-state index in [0.29, 0.717) is 12.1 Å². The number of nitrogens with one attached hydrogen (secondary N) is 1. The molecule has 25 heavy (non-hydrogen) atoms. The second-order valence-electron chi connectivity index (χ2n) is 5.88. The van der Waals surface area contributed by atoms with Gasteiger partial charge in [-0.2, -0.15) is 0 Å². The van der Waals surface area contributed by atoms with Gasteiger partial charge in [0.05, 0.1) is 17.9 Å². The summed E-state index contributed by atoms with van der Waals surface area (Å²) in [6, 6.07) is 13.0. The summed E-state index contributed by atoms with van der Waals surface area (Å²) in [4.78, 5) is 18.9. The number of nitrogens with zero attached hydrogens (tertiary/aromatic N) is 2. The molecule has 1 aromatic carbocycles. The number of hydrogen-bond donors (Lipinski definition) is 2. The van der Waals surface area contributed by atoms with Crippen LogP contribution in [0.4, 0.5) is 11.5 Å². The Morgan fingerprint density at radius 1 is 1.12 bits per heavy atom. The van der Waals surface area contributed by atoms with Gasteiger partial charge >= 0.3 is 0 Å². The first kappa shape index (κ1) is 21.2. The lowest BCUT2D eigenvalue weighted by Crippen LogP contribution is -2.37. The first-order valence-corrected chi connectivity index (χ1v) is 8.04. The minimum absolute atomic E-state index is 0. The van der Waals surface area contributed by atoms with E-state index >= 15 is 0 Å². The number of nitrogens with two attached hydrogens (primary N) is 1. The van der Waals surface area contributed by atoms with Crippen molar-refractivity contribution >= 4 is 42.2 Å². The molecule has 0 bridgehead atoms. The second kappa shape index (κ2) is 10.2. The predicted molar refractivity (Wildman–Crippen MR) is 107 cm³/mol. The minimum Gasteiger partial charge on any atom is -0.357 e. The number of amides is 1. The molecule has 0 radical (unpaired) electrons. The van der Waals surface area contributed by atoms with Gasteiger partial charge in [0, 0.05) is 13.1 Å². The van der Waals surface area contributed by atoms with Gasteiger partial charge in [-0.1, -0.05) is 30.3 Å². The molecule has 1 aliphatic rings. The van der Waals surface area contributed by atoms with Crippen molar-refractivity contribution in [2.24, 2.45) is 5.73 Å². The zero-order valence-corrected chi connectivity index (χ0v) is 15.6. The van der Waals surface area contributed by atoms with Crippen molar-refractivity contribution in [1.82, 2.24) is 4.98 Å². The van der Waals surface area contributed by atoms with Crippen molar-refractivity contribution in [2.45, 2.75) is 25.3 Å². The Morgan fingerprint density at radius 2 is 1.80 bits per heavy atom. The van der Waals surface area contributed by atoms with Gasteiger partial charge in [0.15, 0.2) is 0 Å². The molecule has 0 spiro atoms. The van der Waals surface area contributed by atoms with Crippen LogP contribution >= 0.6 is 24.8 Å². The fraction of sp³-hybridized carbons (Fsp3) is 0.333. The molecule has 0 saturated carbocycles. The van der Waals surface area contributed by atoms with Crippen LogP contribution in [0.25, 0.3) is 0 Å². The van der Waals surface area contributed by atoms with Crippen LogP contribution < -0.4 is 16.0 Å². The molecule has 3 N–H and O–H groups in total. The molecule has 2 heterocycles. The Kier molecular flexibility index (Phi) is 8.69. The Labute approximate surface area is 160 Å². The molecule has 5 nitrogen and oxygen atoms in total. The summed E-state index contributed by atoms with van der Waals surface area (Å²) in [5, 5.41) is 2.83. The maximum atomic E-state index is 12.2. The van der Waals surface area contributed by atoms with Crippen LogP contribution in [0.15, 0.2) is 48.7 Å². The zero-order chi connectivity index (χ0) is 16.1. The summed E-state index contributed by atoms with van der Waals surface area (Å²) < 4.78 is 0. The molecule has 136 valence electrons. The lowest BCUT2D eigenvalue weighted by Gasteiger charge is -2.17. The molecule has 3 rings (SSSR count). The highest BCUT2D eigenvalue weighted by Crippen LogP contribution is 2.19. The quantitative estimate of drug-likeness (QED) is 0.833. The number of rotatable bonds is 5. The van der Waals surface area contributed by atoms with Crippen LogP contribution in [-0.2, 0) is 11.2 Å². The third-order valence-corrected chi connectivity index (χ3v) is 4.08. The van der Waals surface area contributed by atoms with E-state index in [4.69, 9.17) is 5.73 Å². The van der Waals surface area contributed by atoms with Gasteiger partial charge < -0.3 is 16.0 Å². The first-order valence-electron chi connectivity index (χ1n) is 8.04. The van der Waals surface area contributed by atoms with Crippen molar-refractivity contribution in [3.63, 3.8) is 0 Å². The van der Waals surface area contributed by atoms with Crippen LogP contribution in [-0.4, -0.2) is 30.0 Å². The van der Waals surface area contributed by atoms with E-state index in [0.717, 1.165) is 24.5 Å². The molecular formula is C18H24Cl2N4O. The predicted octanol–water partition coefficient (Wildman–Crippen LogP) is 3.03. The molecule has 7 heteroatoms. The van der Waals surface area contributed by atoms with Gasteiger partial charge in [0.1, 0.15) is 5.82 Å². The standard InChI is InChI=1S/C18H22N4O.2ClH/c19-16(12-14-6-2-1-3-7-14)18(23)21-15-8-9-17(20-13-15)22-10-4-5-11-22;;/h1-3,6-9,13,16H,4-5,10-12,19H2,(H,21,23);2*1H. The smallest absolute Gasteiger partial charge is 0.241 e. The molecule has 1 fully saturated rings. The van der Waals surface area contributed by atoms with Gasteiger partial charge in [-0.05, 0) is 37.0 Å². The fourth-order valence-electron chi connectivity index (χ4n) is 2.79. The molecule has 2 aromatic rings. The average molecular weight is 383 g/mol. The number of carbonyl (C=O) groups excluding carboxylic acids is 1. The second-order valence-corrected chi connectivity index (χ2v) is 5.88. The van der Waals surface area contributed by atoms with Gasteiger partial charge in [-0.3, -0.25) is 4.79 Å². The van der Waals surface area contributed by atoms with E-state index in [-0.39, 0.29) is 30.7 Å². The number of anilines is 2. The molecule has 1 aromatic heterocycles. The van der Waals surface area contributed by atoms with Crippen LogP contribution in [0.2, 0.25) is 0 Å². The van der Waals surface area contributed by atoms with Gasteiger partial charge in [0.2, 0.25) is 5.91 Å². The number of hydrogen-bond acceptors (Lipinski definition) is 4. The number of pyridine rings is 1. The Morgan fingerprint density at radius 3 is 2.40 bits per heavy atom. The summed E-state index contributed by atoms with van der Waals surface area (Å²) in [6.07, 6.45) is 4.65. The largest absolute Gasteiger partial charge is 0.357 e. The van der Waals surface area contributed by atoms with E-state index in [1.807, 2.05) is 42.5 Å². The first-order chi connectivity index (χ1) is 11.2. The van der Waals surface area contributed by atoms with Crippen molar-refractivity contribution < 1.29 is 4.79 Å². The highest BCUT2D eigenvalue weighted by atomic mass is 35.5. The van der Waals surface area contributed by atoms with Crippen LogP contribution in [0.1, 0.15) is 18.4 Å². The summed E-state index contributed by atoms with van der Waals surface area (Å²) in [7, 11) is 0. The highest BCUT2D eigenvalue weighted by molar-refractivity contribution is 5.94. The normalized spacial score (nSPS) is 14.2. The Balaban J connectivity index is 0.00000156. The minimum atomic E-state index is -0.573. The van der Waals surface area contributed by atoms with Crippen molar-refractivity contribution in [3.8, 4) is 0 Å². The third kappa shape index (κ3) is 5.88. The average Bonchev–Trinajstić information content (AvgIpc) is 3.11. The number of aromatic nitrogens is 1. The van der Waals surface area contributed by atoms with Gasteiger partial charge in [-0.15, -0.1) is 24.8 Å². The summed E-state index contributed by atoms with van der Waals surface area (Å²) in [5.41, 5.74) is 7.72. The van der Waals surface area contributed by atoms with Crippen molar-refractivity contribution in [2.75, 3.05) is 23.3 Å². The fourth-order valence-corrected chi connectivity index (χ4v) is 2.79. The van der Waals surface area contributed by atoms with Crippen LogP contribution in [0.5, 0.6) is 0 Å². The van der Waals surface area contributed by atoms with Gasteiger partial charge in [-0.25, -0.2) is 4.98 Å². The van der Waals surface area contributed by atoms with Crippen molar-refractivity contribution in [3.05, 3.63) is 54.2 Å². The summed E-state index contributed by atoms with van der Waals surface area (Å²) in [5.74, 6) is 0.777. The SMILES string of the molecule is Cl.Cl.NC(Cc1ccccc1)C(=O)Nc1ccc(N2CCCC2)nc1.